The van der Waals surface area contributed by atoms with Crippen molar-refractivity contribution < 1.29 is 13.2 Å². The maximum atomic E-state index is 12.1. The molecule has 1 aliphatic rings. The second-order valence-electron chi connectivity index (χ2n) is 4.42. The lowest BCUT2D eigenvalue weighted by molar-refractivity contribution is 0.0902. The molecule has 1 aliphatic heterocycles. The van der Waals surface area contributed by atoms with Gasteiger partial charge >= 0.3 is 0 Å². The van der Waals surface area contributed by atoms with E-state index in [1.54, 1.807) is 12.1 Å². The summed E-state index contributed by atoms with van der Waals surface area (Å²) in [7, 11) is -3.50. The van der Waals surface area contributed by atoms with Crippen LogP contribution in [-0.4, -0.2) is 27.2 Å². The molecular formula is C12H16ClNO3S. The molecule has 18 heavy (non-hydrogen) atoms. The number of hydrogen-bond acceptors (Lipinski definition) is 3. The lowest BCUT2D eigenvalue weighted by Gasteiger charge is -2.19. The molecule has 0 bridgehead atoms. The first-order chi connectivity index (χ1) is 8.49. The van der Waals surface area contributed by atoms with Crippen LogP contribution in [0.5, 0.6) is 0 Å². The van der Waals surface area contributed by atoms with E-state index in [1.165, 1.54) is 12.1 Å². The summed E-state index contributed by atoms with van der Waals surface area (Å²) in [6.07, 6.45) is 1.84. The molecule has 0 radical (unpaired) electrons. The minimum Gasteiger partial charge on any atom is -0.377 e. The monoisotopic (exact) mass is 289 g/mol. The standard InChI is InChI=1S/C12H16ClNO3S/c1-9(12-3-2-8-17-12)14-18(15,16)11-6-4-10(13)5-7-11/h4-7,9,12,14H,2-3,8H2,1H3. The number of sulfonamides is 1. The zero-order chi connectivity index (χ0) is 13.2. The number of hydrogen-bond donors (Lipinski definition) is 1. The van der Waals surface area contributed by atoms with Crippen LogP contribution in [0.3, 0.4) is 0 Å². The van der Waals surface area contributed by atoms with Crippen molar-refractivity contribution in [3.63, 3.8) is 0 Å². The quantitative estimate of drug-likeness (QED) is 0.924. The van der Waals surface area contributed by atoms with Gasteiger partial charge in [-0.15, -0.1) is 0 Å². The van der Waals surface area contributed by atoms with E-state index in [1.807, 2.05) is 6.92 Å². The third kappa shape index (κ3) is 3.23. The maximum Gasteiger partial charge on any atom is 0.240 e. The fourth-order valence-electron chi connectivity index (χ4n) is 2.00. The molecule has 4 nitrogen and oxygen atoms in total. The molecule has 6 heteroatoms. The van der Waals surface area contributed by atoms with Crippen molar-refractivity contribution in [2.45, 2.75) is 36.8 Å². The van der Waals surface area contributed by atoms with Crippen molar-refractivity contribution in [1.29, 1.82) is 0 Å². The smallest absolute Gasteiger partial charge is 0.240 e. The van der Waals surface area contributed by atoms with Crippen molar-refractivity contribution in [2.24, 2.45) is 0 Å². The van der Waals surface area contributed by atoms with Crippen LogP contribution in [0.1, 0.15) is 19.8 Å². The minimum absolute atomic E-state index is 0.0351. The number of ether oxygens (including phenoxy) is 1. The first kappa shape index (κ1) is 13.8. The van der Waals surface area contributed by atoms with Gasteiger partial charge in [0.25, 0.3) is 0 Å². The van der Waals surface area contributed by atoms with Gasteiger partial charge in [-0.05, 0) is 44.0 Å². The van der Waals surface area contributed by atoms with Gasteiger partial charge in [-0.25, -0.2) is 13.1 Å². The van der Waals surface area contributed by atoms with Crippen LogP contribution in [0.15, 0.2) is 29.2 Å². The van der Waals surface area contributed by atoms with Crippen LogP contribution in [-0.2, 0) is 14.8 Å². The van der Waals surface area contributed by atoms with Crippen LogP contribution in [0, 0.1) is 0 Å². The minimum atomic E-state index is -3.50. The van der Waals surface area contributed by atoms with Crippen molar-refractivity contribution in [3.8, 4) is 0 Å². The van der Waals surface area contributed by atoms with Gasteiger partial charge in [0.2, 0.25) is 10.0 Å². The topological polar surface area (TPSA) is 55.4 Å². The number of nitrogens with one attached hydrogen (secondary N) is 1. The highest BCUT2D eigenvalue weighted by Crippen LogP contribution is 2.18. The molecule has 1 aromatic carbocycles. The van der Waals surface area contributed by atoms with Crippen LogP contribution in [0.4, 0.5) is 0 Å². The predicted octanol–water partition coefficient (Wildman–Crippen LogP) is 2.19. The van der Waals surface area contributed by atoms with Crippen molar-refractivity contribution in [1.82, 2.24) is 4.72 Å². The molecule has 1 N–H and O–H groups in total. The molecule has 1 heterocycles. The van der Waals surface area contributed by atoms with Gasteiger partial charge in [-0.2, -0.15) is 0 Å². The second-order valence-corrected chi connectivity index (χ2v) is 6.57. The van der Waals surface area contributed by atoms with E-state index in [4.69, 9.17) is 16.3 Å². The summed E-state index contributed by atoms with van der Waals surface area (Å²) in [5.41, 5.74) is 0. The molecule has 1 aromatic rings. The van der Waals surface area contributed by atoms with Crippen LogP contribution < -0.4 is 4.72 Å². The van der Waals surface area contributed by atoms with E-state index < -0.39 is 10.0 Å². The normalized spacial score (nSPS) is 22.0. The molecule has 0 aromatic heterocycles. The summed E-state index contributed by atoms with van der Waals surface area (Å²) in [6, 6.07) is 5.88. The van der Waals surface area contributed by atoms with Gasteiger partial charge in [0.05, 0.1) is 11.0 Å². The van der Waals surface area contributed by atoms with Gasteiger partial charge in [-0.1, -0.05) is 11.6 Å². The summed E-state index contributed by atoms with van der Waals surface area (Å²) in [5, 5.41) is 0.515. The Kier molecular flexibility index (Phi) is 4.27. The second kappa shape index (κ2) is 5.57. The Bertz CT molecular complexity index is 495. The largest absolute Gasteiger partial charge is 0.377 e. The fraction of sp³-hybridized carbons (Fsp3) is 0.500. The molecule has 1 fully saturated rings. The molecule has 0 saturated carbocycles. The molecule has 2 atom stereocenters. The summed E-state index contributed by atoms with van der Waals surface area (Å²) < 4.78 is 32.3. The van der Waals surface area contributed by atoms with E-state index in [-0.39, 0.29) is 17.0 Å². The van der Waals surface area contributed by atoms with Crippen molar-refractivity contribution >= 4 is 21.6 Å². The highest BCUT2D eigenvalue weighted by molar-refractivity contribution is 7.89. The highest BCUT2D eigenvalue weighted by Gasteiger charge is 2.26. The molecular weight excluding hydrogens is 274 g/mol. The van der Waals surface area contributed by atoms with Gasteiger partial charge in [0.15, 0.2) is 0 Å². The van der Waals surface area contributed by atoms with Crippen molar-refractivity contribution in [3.05, 3.63) is 29.3 Å². The van der Waals surface area contributed by atoms with Crippen LogP contribution in [0.2, 0.25) is 5.02 Å². The molecule has 0 spiro atoms. The fourth-order valence-corrected chi connectivity index (χ4v) is 3.40. The van der Waals surface area contributed by atoms with Crippen LogP contribution in [0.25, 0.3) is 0 Å². The maximum absolute atomic E-state index is 12.1. The zero-order valence-electron chi connectivity index (χ0n) is 10.1. The summed E-state index contributed by atoms with van der Waals surface area (Å²) in [4.78, 5) is 0.219. The Morgan fingerprint density at radius 1 is 1.39 bits per heavy atom. The Morgan fingerprint density at radius 3 is 2.61 bits per heavy atom. The van der Waals surface area contributed by atoms with Gasteiger partial charge < -0.3 is 4.74 Å². The Morgan fingerprint density at radius 2 is 2.06 bits per heavy atom. The first-order valence-electron chi connectivity index (χ1n) is 5.88. The van der Waals surface area contributed by atoms with Gasteiger partial charge in [0.1, 0.15) is 0 Å². The molecule has 0 aliphatic carbocycles. The van der Waals surface area contributed by atoms with E-state index in [0.717, 1.165) is 12.8 Å². The van der Waals surface area contributed by atoms with Crippen molar-refractivity contribution in [2.75, 3.05) is 6.61 Å². The first-order valence-corrected chi connectivity index (χ1v) is 7.75. The number of halogens is 1. The van der Waals surface area contributed by atoms with Crippen LogP contribution >= 0.6 is 11.6 Å². The summed E-state index contributed by atoms with van der Waals surface area (Å²) in [5.74, 6) is 0. The molecule has 2 rings (SSSR count). The SMILES string of the molecule is CC(NS(=O)(=O)c1ccc(Cl)cc1)C1CCCO1. The van der Waals surface area contributed by atoms with E-state index >= 15 is 0 Å². The van der Waals surface area contributed by atoms with E-state index in [2.05, 4.69) is 4.72 Å². The average molecular weight is 290 g/mol. The lowest BCUT2D eigenvalue weighted by Crippen LogP contribution is -2.40. The lowest BCUT2D eigenvalue weighted by atomic mass is 10.1. The third-order valence-corrected chi connectivity index (χ3v) is 4.81. The molecule has 2 unspecified atom stereocenters. The van der Waals surface area contributed by atoms with Gasteiger partial charge in [-0.3, -0.25) is 0 Å². The number of benzene rings is 1. The zero-order valence-corrected chi connectivity index (χ0v) is 11.7. The average Bonchev–Trinajstić information content (AvgIpc) is 2.82. The Balaban J connectivity index is 2.09. The predicted molar refractivity (Wildman–Crippen MR) is 70.2 cm³/mol. The Labute approximate surface area is 112 Å². The number of rotatable bonds is 4. The highest BCUT2D eigenvalue weighted by atomic mass is 35.5. The van der Waals surface area contributed by atoms with Gasteiger partial charge in [0, 0.05) is 17.7 Å². The summed E-state index contributed by atoms with van der Waals surface area (Å²) >= 11 is 5.74. The summed E-state index contributed by atoms with van der Waals surface area (Å²) in [6.45, 7) is 2.53. The van der Waals surface area contributed by atoms with E-state index in [9.17, 15) is 8.42 Å². The molecule has 1 saturated heterocycles. The molecule has 100 valence electrons. The Hall–Kier alpha value is -0.620. The molecule has 0 amide bonds. The third-order valence-electron chi connectivity index (χ3n) is 2.99. The van der Waals surface area contributed by atoms with E-state index in [0.29, 0.717) is 11.6 Å².